The van der Waals surface area contributed by atoms with Gasteiger partial charge < -0.3 is 19.9 Å². The molecule has 0 aliphatic carbocycles. The molecule has 0 saturated carbocycles. The normalized spacial score (nSPS) is 24.9. The van der Waals surface area contributed by atoms with E-state index in [2.05, 4.69) is 15.3 Å². The minimum absolute atomic E-state index is 0.236. The van der Waals surface area contributed by atoms with Crippen LogP contribution in [0.2, 0.25) is 0 Å². The van der Waals surface area contributed by atoms with Gasteiger partial charge in [0.15, 0.2) is 5.16 Å². The summed E-state index contributed by atoms with van der Waals surface area (Å²) in [6.45, 7) is 4.26. The number of hydrogen-bond donors (Lipinski definition) is 2. The van der Waals surface area contributed by atoms with E-state index >= 15 is 0 Å². The highest BCUT2D eigenvalue weighted by Gasteiger charge is 2.39. The average Bonchev–Trinajstić information content (AvgIpc) is 2.78. The topological polar surface area (TPSA) is 93.6 Å². The van der Waals surface area contributed by atoms with E-state index in [-0.39, 0.29) is 24.8 Å². The Balaban J connectivity index is 2.28. The molecule has 0 amide bonds. The van der Waals surface area contributed by atoms with Crippen LogP contribution in [0.25, 0.3) is 0 Å². The van der Waals surface area contributed by atoms with Crippen molar-refractivity contribution in [1.29, 1.82) is 0 Å². The van der Waals surface area contributed by atoms with Gasteiger partial charge in [0.2, 0.25) is 0 Å². The predicted molar refractivity (Wildman–Crippen MR) is 78.6 cm³/mol. The van der Waals surface area contributed by atoms with Gasteiger partial charge >= 0.3 is 5.97 Å². The number of carbonyl (C=O) groups excluding carboxylic acids is 1. The second-order valence-corrected chi connectivity index (χ2v) is 5.68. The molecule has 1 aromatic rings. The van der Waals surface area contributed by atoms with E-state index in [0.717, 1.165) is 0 Å². The van der Waals surface area contributed by atoms with Crippen molar-refractivity contribution < 1.29 is 19.4 Å². The number of rotatable bonds is 5. The molecular weight excluding hydrogens is 294 g/mol. The van der Waals surface area contributed by atoms with Crippen LogP contribution in [0.3, 0.4) is 0 Å². The Hall–Kier alpha value is -1.38. The quantitative estimate of drug-likeness (QED) is 0.471. The van der Waals surface area contributed by atoms with Gasteiger partial charge in [0, 0.05) is 6.20 Å². The number of ether oxygens (including phenoxy) is 2. The number of nitrogens with one attached hydrogen (secondary N) is 1. The van der Waals surface area contributed by atoms with Gasteiger partial charge in [-0.15, -0.1) is 0 Å². The van der Waals surface area contributed by atoms with Gasteiger partial charge in [0.25, 0.3) is 0 Å². The van der Waals surface area contributed by atoms with Crippen LogP contribution in [0.15, 0.2) is 11.4 Å². The average molecular weight is 313 g/mol. The summed E-state index contributed by atoms with van der Waals surface area (Å²) < 4.78 is 10.3. The first-order valence-corrected chi connectivity index (χ1v) is 7.85. The Morgan fingerprint density at radius 3 is 3.05 bits per heavy atom. The number of thioether (sulfide) groups is 1. The molecule has 1 aliphatic rings. The molecule has 1 aromatic heterocycles. The van der Waals surface area contributed by atoms with E-state index in [1.807, 2.05) is 6.26 Å². The van der Waals surface area contributed by atoms with Crippen molar-refractivity contribution in [2.75, 3.05) is 31.4 Å². The summed E-state index contributed by atoms with van der Waals surface area (Å²) in [6.07, 6.45) is 3.28. The molecule has 2 atom stereocenters. The maximum Gasteiger partial charge on any atom is 0.343 e. The van der Waals surface area contributed by atoms with Crippen molar-refractivity contribution in [3.63, 3.8) is 0 Å². The Morgan fingerprint density at radius 1 is 1.71 bits per heavy atom. The summed E-state index contributed by atoms with van der Waals surface area (Å²) in [6, 6.07) is -0.352. The zero-order chi connectivity index (χ0) is 15.5. The summed E-state index contributed by atoms with van der Waals surface area (Å²) in [4.78, 5) is 20.3. The molecule has 1 aliphatic heterocycles. The van der Waals surface area contributed by atoms with E-state index in [0.29, 0.717) is 17.6 Å². The third-order valence-corrected chi connectivity index (χ3v) is 3.75. The van der Waals surface area contributed by atoms with Crippen LogP contribution in [0.5, 0.6) is 0 Å². The molecule has 0 radical (unpaired) electrons. The van der Waals surface area contributed by atoms with Crippen LogP contribution in [-0.2, 0) is 9.47 Å². The Labute approximate surface area is 127 Å². The molecule has 2 rings (SSSR count). The molecule has 1 saturated heterocycles. The third-order valence-electron chi connectivity index (χ3n) is 3.19. The summed E-state index contributed by atoms with van der Waals surface area (Å²) in [5, 5.41) is 13.8. The van der Waals surface area contributed by atoms with E-state index in [1.54, 1.807) is 13.8 Å². The number of aromatic nitrogens is 2. The van der Waals surface area contributed by atoms with Crippen LogP contribution >= 0.6 is 11.8 Å². The number of nitrogens with zero attached hydrogens (tertiary/aromatic N) is 2. The zero-order valence-electron chi connectivity index (χ0n) is 12.3. The molecule has 21 heavy (non-hydrogen) atoms. The Bertz CT molecular complexity index is 524. The highest BCUT2D eigenvalue weighted by atomic mass is 32.2. The highest BCUT2D eigenvalue weighted by Crippen LogP contribution is 2.25. The lowest BCUT2D eigenvalue weighted by atomic mass is 10.0. The first-order chi connectivity index (χ1) is 9.97. The van der Waals surface area contributed by atoms with Crippen LogP contribution in [-0.4, -0.2) is 58.8 Å². The zero-order valence-corrected chi connectivity index (χ0v) is 13.1. The molecule has 0 bridgehead atoms. The minimum Gasteiger partial charge on any atom is -0.462 e. The second kappa shape index (κ2) is 6.59. The van der Waals surface area contributed by atoms with E-state index in [1.165, 1.54) is 18.0 Å². The number of hydrogen-bond acceptors (Lipinski definition) is 8. The molecule has 0 unspecified atom stereocenters. The molecular formula is C13H19N3O4S. The first-order valence-electron chi connectivity index (χ1n) is 6.62. The van der Waals surface area contributed by atoms with Gasteiger partial charge in [-0.05, 0) is 20.1 Å². The van der Waals surface area contributed by atoms with Crippen LogP contribution in [0.4, 0.5) is 5.82 Å². The van der Waals surface area contributed by atoms with Gasteiger partial charge in [-0.3, -0.25) is 0 Å². The molecule has 0 aromatic carbocycles. The molecule has 116 valence electrons. The Kier molecular flexibility index (Phi) is 5.02. The summed E-state index contributed by atoms with van der Waals surface area (Å²) in [5.41, 5.74) is -0.770. The van der Waals surface area contributed by atoms with E-state index < -0.39 is 11.6 Å². The first kappa shape index (κ1) is 16.0. The van der Waals surface area contributed by atoms with Crippen molar-refractivity contribution in [3.8, 4) is 0 Å². The largest absolute Gasteiger partial charge is 0.462 e. The maximum atomic E-state index is 12.0. The second-order valence-electron chi connectivity index (χ2n) is 4.91. The van der Waals surface area contributed by atoms with Gasteiger partial charge in [-0.25, -0.2) is 14.8 Å². The predicted octanol–water partition coefficient (Wildman–Crippen LogP) is 0.937. The van der Waals surface area contributed by atoms with Crippen LogP contribution in [0.1, 0.15) is 24.2 Å². The van der Waals surface area contributed by atoms with Gasteiger partial charge in [0.1, 0.15) is 17.0 Å². The molecule has 2 heterocycles. The van der Waals surface area contributed by atoms with Gasteiger partial charge in [-0.1, -0.05) is 11.8 Å². The fraction of sp³-hybridized carbons (Fsp3) is 0.615. The fourth-order valence-electron chi connectivity index (χ4n) is 1.96. The lowest BCUT2D eigenvalue weighted by Crippen LogP contribution is -2.43. The minimum atomic E-state index is -1.02. The van der Waals surface area contributed by atoms with Gasteiger partial charge in [0.05, 0.1) is 25.9 Å². The smallest absolute Gasteiger partial charge is 0.343 e. The number of anilines is 1. The van der Waals surface area contributed by atoms with E-state index in [9.17, 15) is 9.90 Å². The van der Waals surface area contributed by atoms with Crippen LogP contribution in [0, 0.1) is 0 Å². The molecule has 0 spiro atoms. The SMILES string of the molecule is CCOC(=O)c1cnc(SC)nc1N[C@@H]1COC[C@@]1(C)O. The lowest BCUT2D eigenvalue weighted by molar-refractivity contribution is 0.0387. The maximum absolute atomic E-state index is 12.0. The van der Waals surface area contributed by atoms with Crippen LogP contribution < -0.4 is 5.32 Å². The molecule has 1 fully saturated rings. The fourth-order valence-corrected chi connectivity index (χ4v) is 2.30. The molecule has 7 nitrogen and oxygen atoms in total. The monoisotopic (exact) mass is 313 g/mol. The molecule has 8 heteroatoms. The summed E-state index contributed by atoms with van der Waals surface area (Å²) >= 11 is 1.37. The molecule has 2 N–H and O–H groups in total. The number of aliphatic hydroxyl groups is 1. The standard InChI is InChI=1S/C13H19N3O4S/c1-4-20-11(17)8-5-14-12(21-3)16-10(8)15-9-6-19-7-13(9,2)18/h5,9,18H,4,6-7H2,1-3H3,(H,14,15,16)/t9-,13-/m1/s1. The van der Waals surface area contributed by atoms with Crippen molar-refractivity contribution in [1.82, 2.24) is 9.97 Å². The summed E-state index contributed by atoms with van der Waals surface area (Å²) in [5.74, 6) is -0.144. The number of esters is 1. The van der Waals surface area contributed by atoms with Crippen molar-refractivity contribution >= 4 is 23.5 Å². The van der Waals surface area contributed by atoms with Gasteiger partial charge in [-0.2, -0.15) is 0 Å². The van der Waals surface area contributed by atoms with Crippen molar-refractivity contribution in [2.24, 2.45) is 0 Å². The van der Waals surface area contributed by atoms with E-state index in [4.69, 9.17) is 9.47 Å². The van der Waals surface area contributed by atoms with Crippen molar-refractivity contribution in [2.45, 2.75) is 30.6 Å². The summed E-state index contributed by atoms with van der Waals surface area (Å²) in [7, 11) is 0. The third kappa shape index (κ3) is 3.63. The highest BCUT2D eigenvalue weighted by molar-refractivity contribution is 7.98. The number of carbonyl (C=O) groups is 1. The van der Waals surface area contributed by atoms with Crippen molar-refractivity contribution in [3.05, 3.63) is 11.8 Å². The lowest BCUT2D eigenvalue weighted by Gasteiger charge is -2.25. The Morgan fingerprint density at radius 2 is 2.48 bits per heavy atom.